The number of hydrogen-bond donors (Lipinski definition) is 1. The monoisotopic (exact) mass is 411 g/mol. The van der Waals surface area contributed by atoms with Crippen LogP contribution in [0.5, 0.6) is 5.75 Å². The lowest BCUT2D eigenvalue weighted by molar-refractivity contribution is 0.0823. The third kappa shape index (κ3) is 4.38. The summed E-state index contributed by atoms with van der Waals surface area (Å²) in [5.41, 5.74) is 0.122. The maximum Gasteiger partial charge on any atom is 0.257 e. The number of hydrogen-bond acceptors (Lipinski definition) is 5. The van der Waals surface area contributed by atoms with E-state index in [4.69, 9.17) is 16.3 Å². The van der Waals surface area contributed by atoms with Crippen LogP contribution in [-0.2, 0) is 10.0 Å². The van der Waals surface area contributed by atoms with E-state index in [1.807, 2.05) is 6.92 Å². The van der Waals surface area contributed by atoms with E-state index in [2.05, 4.69) is 5.32 Å². The molecule has 1 aromatic rings. The Hall–Kier alpha value is -1.06. The van der Waals surface area contributed by atoms with Gasteiger partial charge >= 0.3 is 0 Å². The molecule has 1 heterocycles. The summed E-state index contributed by atoms with van der Waals surface area (Å²) in [6.45, 7) is 3.30. The van der Waals surface area contributed by atoms with Gasteiger partial charge in [-0.1, -0.05) is 11.6 Å². The molecule has 0 unspecified atom stereocenters. The van der Waals surface area contributed by atoms with Gasteiger partial charge in [0, 0.05) is 44.8 Å². The Morgan fingerprint density at radius 1 is 1.40 bits per heavy atom. The number of methoxy groups -OCH3 is 1. The predicted molar refractivity (Wildman–Crippen MR) is 99.5 cm³/mol. The molecule has 1 fully saturated rings. The molecule has 0 radical (unpaired) electrons. The Labute approximate surface area is 159 Å². The number of benzene rings is 1. The van der Waals surface area contributed by atoms with Crippen LogP contribution >= 0.6 is 24.0 Å². The van der Waals surface area contributed by atoms with Crippen molar-refractivity contribution in [1.29, 1.82) is 0 Å². The molecule has 1 saturated heterocycles. The lowest BCUT2D eigenvalue weighted by Crippen LogP contribution is -2.52. The molecule has 2 rings (SSSR count). The van der Waals surface area contributed by atoms with E-state index in [-0.39, 0.29) is 45.6 Å². The van der Waals surface area contributed by atoms with E-state index < -0.39 is 10.0 Å². The van der Waals surface area contributed by atoms with E-state index in [0.29, 0.717) is 19.6 Å². The van der Waals surface area contributed by atoms with Crippen LogP contribution in [-0.4, -0.2) is 70.4 Å². The molecule has 7 nitrogen and oxygen atoms in total. The molecule has 1 aliphatic heterocycles. The summed E-state index contributed by atoms with van der Waals surface area (Å²) in [5, 5.41) is 3.32. The molecule has 1 amide bonds. The highest BCUT2D eigenvalue weighted by molar-refractivity contribution is 7.89. The van der Waals surface area contributed by atoms with Gasteiger partial charge in [0.25, 0.3) is 5.91 Å². The van der Waals surface area contributed by atoms with Crippen LogP contribution in [0.15, 0.2) is 17.0 Å². The maximum atomic E-state index is 13.1. The summed E-state index contributed by atoms with van der Waals surface area (Å²) >= 11 is 6.09. The first kappa shape index (κ1) is 22.0. The van der Waals surface area contributed by atoms with Crippen LogP contribution in [0.4, 0.5) is 0 Å². The van der Waals surface area contributed by atoms with Gasteiger partial charge in [-0.3, -0.25) is 4.79 Å². The molecule has 1 aliphatic rings. The highest BCUT2D eigenvalue weighted by atomic mass is 35.5. The summed E-state index contributed by atoms with van der Waals surface area (Å²) < 4.78 is 32.9. The Morgan fingerprint density at radius 3 is 2.56 bits per heavy atom. The second-order valence-electron chi connectivity index (χ2n) is 5.85. The average Bonchev–Trinajstić information content (AvgIpc) is 2.53. The van der Waals surface area contributed by atoms with Gasteiger partial charge < -0.3 is 15.0 Å². The Bertz CT molecular complexity index is 741. The molecule has 10 heteroatoms. The number of nitrogens with one attached hydrogen (secondary N) is 1. The molecule has 0 bridgehead atoms. The lowest BCUT2D eigenvalue weighted by atomic mass is 10.2. The van der Waals surface area contributed by atoms with Crippen LogP contribution in [0, 0.1) is 0 Å². The van der Waals surface area contributed by atoms with Gasteiger partial charge in [-0.2, -0.15) is 4.31 Å². The molecule has 142 valence electrons. The van der Waals surface area contributed by atoms with Crippen LogP contribution in [0.25, 0.3) is 0 Å². The van der Waals surface area contributed by atoms with Crippen molar-refractivity contribution in [2.75, 3.05) is 40.8 Å². The van der Waals surface area contributed by atoms with E-state index in [9.17, 15) is 13.2 Å². The van der Waals surface area contributed by atoms with Crippen LogP contribution in [0.1, 0.15) is 17.3 Å². The summed E-state index contributed by atoms with van der Waals surface area (Å²) in [5.74, 6) is -0.358. The summed E-state index contributed by atoms with van der Waals surface area (Å²) in [6, 6.07) is 2.54. The zero-order valence-corrected chi connectivity index (χ0v) is 17.0. The zero-order chi connectivity index (χ0) is 18.1. The lowest BCUT2D eigenvalue weighted by Gasteiger charge is -2.33. The largest absolute Gasteiger partial charge is 0.494 e. The third-order valence-corrected chi connectivity index (χ3v) is 6.12. The molecule has 0 aromatic heterocycles. The second kappa shape index (κ2) is 8.55. The van der Waals surface area contributed by atoms with Crippen molar-refractivity contribution < 1.29 is 17.9 Å². The first-order valence-electron chi connectivity index (χ1n) is 7.52. The van der Waals surface area contributed by atoms with E-state index in [1.165, 1.54) is 28.4 Å². The Kier molecular flexibility index (Phi) is 7.52. The molecule has 0 aliphatic carbocycles. The van der Waals surface area contributed by atoms with Gasteiger partial charge in [0.1, 0.15) is 4.90 Å². The predicted octanol–water partition coefficient (Wildman–Crippen LogP) is 1.45. The topological polar surface area (TPSA) is 79.0 Å². The van der Waals surface area contributed by atoms with Gasteiger partial charge in [0.2, 0.25) is 10.0 Å². The van der Waals surface area contributed by atoms with Gasteiger partial charge in [0.15, 0.2) is 5.75 Å². The first-order valence-corrected chi connectivity index (χ1v) is 9.33. The van der Waals surface area contributed by atoms with Crippen LogP contribution in [0.3, 0.4) is 0 Å². The summed E-state index contributed by atoms with van der Waals surface area (Å²) in [7, 11) is 0.655. The standard InChI is InChI=1S/C15H22ClN3O4S.ClH/c1-10-9-17-5-6-19(10)24(21,22)13-8-11(16)7-12(14(13)23-4)15(20)18(2)3;/h7-8,10,17H,5-6,9H2,1-4H3;1H/t10-;/m0./s1. The molecule has 0 spiro atoms. The van der Waals surface area contributed by atoms with Gasteiger partial charge in [-0.25, -0.2) is 8.42 Å². The normalized spacial score (nSPS) is 18.4. The SMILES string of the molecule is COc1c(C(=O)N(C)C)cc(Cl)cc1S(=O)(=O)N1CCNC[C@@H]1C.Cl. The van der Waals surface area contributed by atoms with Gasteiger partial charge in [0.05, 0.1) is 12.7 Å². The smallest absolute Gasteiger partial charge is 0.257 e. The van der Waals surface area contributed by atoms with Gasteiger partial charge in [-0.15, -0.1) is 12.4 Å². The minimum absolute atomic E-state index is 0. The number of amides is 1. The number of rotatable bonds is 4. The number of nitrogens with zero attached hydrogens (tertiary/aromatic N) is 2. The fourth-order valence-corrected chi connectivity index (χ4v) is 4.80. The van der Waals surface area contributed by atoms with Gasteiger partial charge in [-0.05, 0) is 19.1 Å². The first-order chi connectivity index (χ1) is 11.2. The highest BCUT2D eigenvalue weighted by Crippen LogP contribution is 2.35. The highest BCUT2D eigenvalue weighted by Gasteiger charge is 2.35. The second-order valence-corrected chi connectivity index (χ2v) is 8.15. The number of halogens is 2. The van der Waals surface area contributed by atoms with Crippen LogP contribution < -0.4 is 10.1 Å². The molecule has 25 heavy (non-hydrogen) atoms. The quantitative estimate of drug-likeness (QED) is 0.810. The summed E-state index contributed by atoms with van der Waals surface area (Å²) in [6.07, 6.45) is 0. The minimum atomic E-state index is -3.85. The third-order valence-electron chi connectivity index (χ3n) is 3.89. The average molecular weight is 412 g/mol. The maximum absolute atomic E-state index is 13.1. The molecule has 1 N–H and O–H groups in total. The van der Waals surface area contributed by atoms with Crippen molar-refractivity contribution in [3.8, 4) is 5.75 Å². The number of sulfonamides is 1. The fraction of sp³-hybridized carbons (Fsp3) is 0.533. The van der Waals surface area contributed by atoms with Crippen molar-refractivity contribution in [3.05, 3.63) is 22.7 Å². The Morgan fingerprint density at radius 2 is 2.04 bits per heavy atom. The van der Waals surface area contributed by atoms with E-state index >= 15 is 0 Å². The van der Waals surface area contributed by atoms with E-state index in [0.717, 1.165) is 0 Å². The van der Waals surface area contributed by atoms with Crippen molar-refractivity contribution in [2.24, 2.45) is 0 Å². The number of carbonyl (C=O) groups is 1. The fourth-order valence-electron chi connectivity index (χ4n) is 2.68. The van der Waals surface area contributed by atoms with Crippen molar-refractivity contribution >= 4 is 39.9 Å². The van der Waals surface area contributed by atoms with Crippen LogP contribution in [0.2, 0.25) is 5.02 Å². The number of piperazine rings is 1. The molecule has 0 saturated carbocycles. The number of ether oxygens (including phenoxy) is 1. The van der Waals surface area contributed by atoms with Crippen molar-refractivity contribution in [2.45, 2.75) is 17.9 Å². The van der Waals surface area contributed by atoms with Crippen molar-refractivity contribution in [1.82, 2.24) is 14.5 Å². The number of carbonyl (C=O) groups excluding carboxylic acids is 1. The molecular formula is C15H23Cl2N3O4S. The minimum Gasteiger partial charge on any atom is -0.494 e. The zero-order valence-electron chi connectivity index (χ0n) is 14.6. The summed E-state index contributed by atoms with van der Waals surface area (Å²) in [4.78, 5) is 13.6. The molecule has 1 atom stereocenters. The van der Waals surface area contributed by atoms with Crippen molar-refractivity contribution in [3.63, 3.8) is 0 Å². The Balaban J connectivity index is 0.00000312. The molecular weight excluding hydrogens is 389 g/mol. The van der Waals surface area contributed by atoms with E-state index in [1.54, 1.807) is 14.1 Å². The molecule has 1 aromatic carbocycles.